The lowest BCUT2D eigenvalue weighted by atomic mass is 10.3. The Balaban J connectivity index is 2.18. The molecule has 1 aliphatic rings. The van der Waals surface area contributed by atoms with Crippen molar-refractivity contribution in [3.8, 4) is 0 Å². The maximum Gasteiger partial charge on any atom is 0.150 e. The van der Waals surface area contributed by atoms with Crippen LogP contribution in [0.15, 0.2) is 29.4 Å². The first kappa shape index (κ1) is 12.0. The van der Waals surface area contributed by atoms with E-state index in [0.717, 1.165) is 50.8 Å². The molecule has 0 saturated carbocycles. The summed E-state index contributed by atoms with van der Waals surface area (Å²) >= 11 is 0. The van der Waals surface area contributed by atoms with Gasteiger partial charge in [-0.1, -0.05) is 13.0 Å². The number of nitrogens with zero attached hydrogens (tertiary/aromatic N) is 3. The minimum Gasteiger partial charge on any atom is -0.378 e. The largest absolute Gasteiger partial charge is 0.378 e. The van der Waals surface area contributed by atoms with E-state index in [1.54, 1.807) is 0 Å². The molecule has 0 aliphatic carbocycles. The molecule has 0 atom stereocenters. The molecule has 2 rings (SSSR count). The van der Waals surface area contributed by atoms with E-state index < -0.39 is 0 Å². The first-order chi connectivity index (χ1) is 8.42. The summed E-state index contributed by atoms with van der Waals surface area (Å²) in [4.78, 5) is 11.3. The lowest BCUT2D eigenvalue weighted by Gasteiger charge is -2.29. The third kappa shape index (κ3) is 3.27. The Morgan fingerprint density at radius 2 is 2.24 bits per heavy atom. The topological polar surface area (TPSA) is 37.7 Å². The molecule has 1 aromatic rings. The number of amidine groups is 1. The second-order valence-electron chi connectivity index (χ2n) is 4.02. The average Bonchev–Trinajstić information content (AvgIpc) is 2.42. The van der Waals surface area contributed by atoms with Crippen molar-refractivity contribution in [3.63, 3.8) is 0 Å². The van der Waals surface area contributed by atoms with E-state index in [4.69, 9.17) is 4.74 Å². The van der Waals surface area contributed by atoms with Gasteiger partial charge in [0.1, 0.15) is 11.5 Å². The Labute approximate surface area is 102 Å². The van der Waals surface area contributed by atoms with Crippen LogP contribution in [0.3, 0.4) is 0 Å². The van der Waals surface area contributed by atoms with Gasteiger partial charge in [0.05, 0.1) is 13.2 Å². The van der Waals surface area contributed by atoms with Crippen LogP contribution in [-0.2, 0) is 4.74 Å². The molecule has 4 heteroatoms. The van der Waals surface area contributed by atoms with Crippen molar-refractivity contribution in [1.82, 2.24) is 9.88 Å². The van der Waals surface area contributed by atoms with Gasteiger partial charge >= 0.3 is 0 Å². The summed E-state index contributed by atoms with van der Waals surface area (Å²) in [5.41, 5.74) is 0.961. The molecule has 92 valence electrons. The van der Waals surface area contributed by atoms with Crippen LogP contribution < -0.4 is 0 Å². The second kappa shape index (κ2) is 6.35. The molecular weight excluding hydrogens is 214 g/mol. The average molecular weight is 233 g/mol. The molecule has 1 saturated heterocycles. The van der Waals surface area contributed by atoms with Crippen molar-refractivity contribution in [2.24, 2.45) is 4.99 Å². The van der Waals surface area contributed by atoms with Crippen molar-refractivity contribution >= 4 is 5.84 Å². The van der Waals surface area contributed by atoms with Crippen LogP contribution in [0, 0.1) is 0 Å². The molecule has 0 aromatic carbocycles. The van der Waals surface area contributed by atoms with Gasteiger partial charge in [-0.05, 0) is 18.6 Å². The predicted molar refractivity (Wildman–Crippen MR) is 68.3 cm³/mol. The predicted octanol–water partition coefficient (Wildman–Crippen LogP) is 1.57. The van der Waals surface area contributed by atoms with Gasteiger partial charge in [0.25, 0.3) is 0 Å². The van der Waals surface area contributed by atoms with Crippen molar-refractivity contribution in [3.05, 3.63) is 30.1 Å². The zero-order valence-corrected chi connectivity index (χ0v) is 10.3. The number of hydrogen-bond acceptors (Lipinski definition) is 3. The molecule has 0 amide bonds. The van der Waals surface area contributed by atoms with Crippen molar-refractivity contribution in [2.75, 3.05) is 32.8 Å². The summed E-state index contributed by atoms with van der Waals surface area (Å²) in [6.07, 6.45) is 2.87. The summed E-state index contributed by atoms with van der Waals surface area (Å²) in [5, 5.41) is 0. The Bertz CT molecular complexity index is 358. The molecule has 1 aliphatic heterocycles. The molecule has 0 N–H and O–H groups in total. The molecular formula is C13H19N3O. The molecule has 0 radical (unpaired) electrons. The van der Waals surface area contributed by atoms with Gasteiger partial charge in [0, 0.05) is 25.8 Å². The Hall–Kier alpha value is -1.42. The van der Waals surface area contributed by atoms with Crippen LogP contribution in [0.4, 0.5) is 0 Å². The maximum absolute atomic E-state index is 5.37. The van der Waals surface area contributed by atoms with Crippen molar-refractivity contribution < 1.29 is 4.74 Å². The summed E-state index contributed by atoms with van der Waals surface area (Å²) < 4.78 is 5.37. The fourth-order valence-electron chi connectivity index (χ4n) is 1.83. The van der Waals surface area contributed by atoms with Crippen LogP contribution in [-0.4, -0.2) is 48.6 Å². The van der Waals surface area contributed by atoms with Crippen molar-refractivity contribution in [1.29, 1.82) is 0 Å². The lowest BCUT2D eigenvalue weighted by Crippen LogP contribution is -2.41. The van der Waals surface area contributed by atoms with Crippen LogP contribution in [0.2, 0.25) is 0 Å². The number of rotatable bonds is 3. The highest BCUT2D eigenvalue weighted by Crippen LogP contribution is 2.06. The second-order valence-corrected chi connectivity index (χ2v) is 4.02. The van der Waals surface area contributed by atoms with Crippen LogP contribution in [0.25, 0.3) is 0 Å². The monoisotopic (exact) mass is 233 g/mol. The molecule has 4 nitrogen and oxygen atoms in total. The Morgan fingerprint density at radius 3 is 2.88 bits per heavy atom. The fourth-order valence-corrected chi connectivity index (χ4v) is 1.83. The highest BCUT2D eigenvalue weighted by molar-refractivity contribution is 5.97. The first-order valence-corrected chi connectivity index (χ1v) is 6.20. The van der Waals surface area contributed by atoms with Crippen molar-refractivity contribution in [2.45, 2.75) is 13.3 Å². The molecule has 17 heavy (non-hydrogen) atoms. The number of aliphatic imine (C=N–C) groups is 1. The van der Waals surface area contributed by atoms with Crippen LogP contribution >= 0.6 is 0 Å². The highest BCUT2D eigenvalue weighted by atomic mass is 16.5. The number of morpholine rings is 1. The highest BCUT2D eigenvalue weighted by Gasteiger charge is 2.17. The van der Waals surface area contributed by atoms with Gasteiger partial charge in [-0.2, -0.15) is 0 Å². The zero-order valence-electron chi connectivity index (χ0n) is 10.3. The minimum absolute atomic E-state index is 0.776. The number of ether oxygens (including phenoxy) is 1. The summed E-state index contributed by atoms with van der Waals surface area (Å²) in [6, 6.07) is 5.95. The number of hydrogen-bond donors (Lipinski definition) is 0. The summed E-state index contributed by atoms with van der Waals surface area (Å²) in [6.45, 7) is 6.34. The maximum atomic E-state index is 5.37. The quantitative estimate of drug-likeness (QED) is 0.587. The van der Waals surface area contributed by atoms with Crippen LogP contribution in [0.5, 0.6) is 0 Å². The molecule has 0 bridgehead atoms. The zero-order chi connectivity index (χ0) is 11.9. The third-order valence-corrected chi connectivity index (χ3v) is 2.69. The smallest absolute Gasteiger partial charge is 0.150 e. The van der Waals surface area contributed by atoms with Gasteiger partial charge < -0.3 is 9.64 Å². The lowest BCUT2D eigenvalue weighted by molar-refractivity contribution is 0.0681. The molecule has 1 aromatic heterocycles. The van der Waals surface area contributed by atoms with E-state index in [-0.39, 0.29) is 0 Å². The molecule has 1 fully saturated rings. The molecule has 2 heterocycles. The van der Waals surface area contributed by atoms with E-state index in [1.807, 2.05) is 24.4 Å². The van der Waals surface area contributed by atoms with Crippen LogP contribution in [0.1, 0.15) is 19.0 Å². The first-order valence-electron chi connectivity index (χ1n) is 6.20. The van der Waals surface area contributed by atoms with E-state index in [2.05, 4.69) is 21.8 Å². The third-order valence-electron chi connectivity index (χ3n) is 2.69. The minimum atomic E-state index is 0.776. The van der Waals surface area contributed by atoms with Gasteiger partial charge in [0.15, 0.2) is 0 Å². The van der Waals surface area contributed by atoms with Gasteiger partial charge in [0.2, 0.25) is 0 Å². The number of pyridine rings is 1. The normalized spacial score (nSPS) is 17.2. The van der Waals surface area contributed by atoms with Gasteiger partial charge in [-0.15, -0.1) is 0 Å². The Kier molecular flexibility index (Phi) is 4.50. The standard InChI is InChI=1S/C13H19N3O/c1-2-6-15-13(12-5-3-4-7-14-12)16-8-10-17-11-9-16/h3-5,7H,2,6,8-11H2,1H3. The van der Waals surface area contributed by atoms with E-state index in [1.165, 1.54) is 0 Å². The van der Waals surface area contributed by atoms with Gasteiger partial charge in [-0.25, -0.2) is 0 Å². The Morgan fingerprint density at radius 1 is 1.41 bits per heavy atom. The summed E-state index contributed by atoms with van der Waals surface area (Å²) in [5.74, 6) is 1.01. The van der Waals surface area contributed by atoms with E-state index >= 15 is 0 Å². The van der Waals surface area contributed by atoms with E-state index in [9.17, 15) is 0 Å². The fraction of sp³-hybridized carbons (Fsp3) is 0.538. The van der Waals surface area contributed by atoms with E-state index in [0.29, 0.717) is 0 Å². The number of aromatic nitrogens is 1. The SMILES string of the molecule is CCCN=C(c1ccccn1)N1CCOCC1. The summed E-state index contributed by atoms with van der Waals surface area (Å²) in [7, 11) is 0. The molecule has 0 spiro atoms. The molecule has 0 unspecified atom stereocenters. The van der Waals surface area contributed by atoms with Gasteiger partial charge in [-0.3, -0.25) is 9.98 Å².